The second kappa shape index (κ2) is 4.29. The number of carboxylic acid groups (broad SMARTS) is 1. The van der Waals surface area contributed by atoms with Gasteiger partial charge in [0.05, 0.1) is 12.2 Å². The Hall–Kier alpha value is -2.30. The summed E-state index contributed by atoms with van der Waals surface area (Å²) >= 11 is 0. The van der Waals surface area contributed by atoms with E-state index in [1.807, 2.05) is 31.2 Å². The normalized spacial score (nSPS) is 10.4. The maximum atomic E-state index is 10.8. The van der Waals surface area contributed by atoms with Crippen LogP contribution in [0.25, 0.3) is 0 Å². The van der Waals surface area contributed by atoms with Crippen molar-refractivity contribution in [3.63, 3.8) is 0 Å². The molecule has 88 valence electrons. The van der Waals surface area contributed by atoms with Crippen LogP contribution in [-0.4, -0.2) is 20.9 Å². The summed E-state index contributed by atoms with van der Waals surface area (Å²) in [5.41, 5.74) is 7.87. The van der Waals surface area contributed by atoms with Crippen molar-refractivity contribution in [2.75, 3.05) is 5.73 Å². The molecule has 1 heterocycles. The molecule has 0 bridgehead atoms. The van der Waals surface area contributed by atoms with E-state index >= 15 is 0 Å². The summed E-state index contributed by atoms with van der Waals surface area (Å²) in [7, 11) is 0. The fourth-order valence-corrected chi connectivity index (χ4v) is 1.56. The Balaban J connectivity index is 2.22. The molecule has 0 saturated heterocycles. The zero-order valence-electron chi connectivity index (χ0n) is 9.42. The van der Waals surface area contributed by atoms with Gasteiger partial charge in [0.1, 0.15) is 0 Å². The quantitative estimate of drug-likeness (QED) is 0.839. The number of anilines is 1. The molecular formula is C12H13N3O2. The van der Waals surface area contributed by atoms with Crippen molar-refractivity contribution in [3.8, 4) is 0 Å². The molecule has 0 aliphatic carbocycles. The standard InChI is InChI=1S/C12H13N3O2/c1-8-2-4-9(5-3-8)6-15-7-10(13)11(14-15)12(16)17/h2-5,7H,6,13H2,1H3,(H,16,17). The summed E-state index contributed by atoms with van der Waals surface area (Å²) in [4.78, 5) is 10.8. The predicted octanol–water partition coefficient (Wildman–Crippen LogP) is 1.52. The van der Waals surface area contributed by atoms with Crippen LogP contribution in [0.3, 0.4) is 0 Å². The highest BCUT2D eigenvalue weighted by atomic mass is 16.4. The van der Waals surface area contributed by atoms with Gasteiger partial charge < -0.3 is 10.8 Å². The zero-order chi connectivity index (χ0) is 12.4. The zero-order valence-corrected chi connectivity index (χ0v) is 9.42. The van der Waals surface area contributed by atoms with E-state index in [2.05, 4.69) is 5.10 Å². The smallest absolute Gasteiger partial charge is 0.358 e. The molecule has 17 heavy (non-hydrogen) atoms. The van der Waals surface area contributed by atoms with Gasteiger partial charge in [0.2, 0.25) is 0 Å². The Morgan fingerprint density at radius 2 is 2.06 bits per heavy atom. The monoisotopic (exact) mass is 231 g/mol. The van der Waals surface area contributed by atoms with Crippen molar-refractivity contribution >= 4 is 11.7 Å². The molecule has 5 heteroatoms. The van der Waals surface area contributed by atoms with E-state index in [0.717, 1.165) is 5.56 Å². The number of aromatic carboxylic acids is 1. The fourth-order valence-electron chi connectivity index (χ4n) is 1.56. The van der Waals surface area contributed by atoms with E-state index in [1.54, 1.807) is 0 Å². The van der Waals surface area contributed by atoms with Crippen molar-refractivity contribution in [2.45, 2.75) is 13.5 Å². The number of aryl methyl sites for hydroxylation is 1. The lowest BCUT2D eigenvalue weighted by molar-refractivity contribution is 0.0690. The average molecular weight is 231 g/mol. The van der Waals surface area contributed by atoms with Gasteiger partial charge in [0.15, 0.2) is 5.69 Å². The highest BCUT2D eigenvalue weighted by molar-refractivity contribution is 5.91. The third-order valence-electron chi connectivity index (χ3n) is 2.46. The van der Waals surface area contributed by atoms with E-state index in [-0.39, 0.29) is 11.4 Å². The van der Waals surface area contributed by atoms with Crippen LogP contribution < -0.4 is 5.73 Å². The largest absolute Gasteiger partial charge is 0.476 e. The molecule has 5 nitrogen and oxygen atoms in total. The fraction of sp³-hybridized carbons (Fsp3) is 0.167. The average Bonchev–Trinajstić information content (AvgIpc) is 2.63. The lowest BCUT2D eigenvalue weighted by Crippen LogP contribution is -2.04. The van der Waals surface area contributed by atoms with Crippen LogP contribution in [0.5, 0.6) is 0 Å². The Bertz CT molecular complexity index is 543. The summed E-state index contributed by atoms with van der Waals surface area (Å²) in [6.45, 7) is 2.52. The van der Waals surface area contributed by atoms with Crippen molar-refractivity contribution in [1.82, 2.24) is 9.78 Å². The molecule has 0 aliphatic rings. The minimum atomic E-state index is -1.11. The lowest BCUT2D eigenvalue weighted by atomic mass is 10.1. The number of rotatable bonds is 3. The molecule has 0 atom stereocenters. The number of aromatic nitrogens is 2. The number of hydrogen-bond donors (Lipinski definition) is 2. The molecule has 1 aromatic heterocycles. The van der Waals surface area contributed by atoms with Crippen LogP contribution in [0.4, 0.5) is 5.69 Å². The number of hydrogen-bond acceptors (Lipinski definition) is 3. The molecule has 0 spiro atoms. The topological polar surface area (TPSA) is 81.1 Å². The molecule has 0 saturated carbocycles. The van der Waals surface area contributed by atoms with Crippen molar-refractivity contribution in [2.24, 2.45) is 0 Å². The molecule has 0 aliphatic heterocycles. The first-order valence-electron chi connectivity index (χ1n) is 5.18. The molecular weight excluding hydrogens is 218 g/mol. The summed E-state index contributed by atoms with van der Waals surface area (Å²) in [6.07, 6.45) is 1.53. The van der Waals surface area contributed by atoms with E-state index in [0.29, 0.717) is 6.54 Å². The summed E-state index contributed by atoms with van der Waals surface area (Å²) in [6, 6.07) is 7.96. The van der Waals surface area contributed by atoms with E-state index in [9.17, 15) is 4.79 Å². The Kier molecular flexibility index (Phi) is 2.82. The van der Waals surface area contributed by atoms with Gasteiger partial charge in [0, 0.05) is 6.20 Å². The molecule has 2 aromatic rings. The number of carboxylic acids is 1. The van der Waals surface area contributed by atoms with Crippen LogP contribution in [0.2, 0.25) is 0 Å². The number of nitrogens with two attached hydrogens (primary N) is 1. The van der Waals surface area contributed by atoms with Crippen LogP contribution in [0.15, 0.2) is 30.5 Å². The van der Waals surface area contributed by atoms with Gasteiger partial charge >= 0.3 is 5.97 Å². The first-order chi connectivity index (χ1) is 8.06. The molecule has 0 unspecified atom stereocenters. The highest BCUT2D eigenvalue weighted by Crippen LogP contribution is 2.11. The third kappa shape index (κ3) is 2.44. The molecule has 0 amide bonds. The van der Waals surface area contributed by atoms with Gasteiger partial charge in [-0.05, 0) is 12.5 Å². The number of carbonyl (C=O) groups is 1. The van der Waals surface area contributed by atoms with Crippen LogP contribution in [0.1, 0.15) is 21.6 Å². The van der Waals surface area contributed by atoms with Crippen molar-refractivity contribution in [3.05, 3.63) is 47.3 Å². The van der Waals surface area contributed by atoms with Gasteiger partial charge in [-0.2, -0.15) is 5.10 Å². The minimum Gasteiger partial charge on any atom is -0.476 e. The van der Waals surface area contributed by atoms with Crippen molar-refractivity contribution in [1.29, 1.82) is 0 Å². The molecule has 0 fully saturated rings. The SMILES string of the molecule is Cc1ccc(Cn2cc(N)c(C(=O)O)n2)cc1. The van der Waals surface area contributed by atoms with Crippen LogP contribution in [-0.2, 0) is 6.54 Å². The highest BCUT2D eigenvalue weighted by Gasteiger charge is 2.12. The van der Waals surface area contributed by atoms with E-state index < -0.39 is 5.97 Å². The number of nitrogens with zero attached hydrogens (tertiary/aromatic N) is 2. The third-order valence-corrected chi connectivity index (χ3v) is 2.46. The van der Waals surface area contributed by atoms with Crippen LogP contribution in [0, 0.1) is 6.92 Å². The van der Waals surface area contributed by atoms with Gasteiger partial charge in [-0.15, -0.1) is 0 Å². The first kappa shape index (κ1) is 11.2. The Morgan fingerprint density at radius 1 is 1.41 bits per heavy atom. The molecule has 0 radical (unpaired) electrons. The Labute approximate surface area is 98.5 Å². The second-order valence-corrected chi connectivity index (χ2v) is 3.92. The van der Waals surface area contributed by atoms with E-state index in [1.165, 1.54) is 16.4 Å². The summed E-state index contributed by atoms with van der Waals surface area (Å²) in [5, 5.41) is 12.7. The van der Waals surface area contributed by atoms with Crippen molar-refractivity contribution < 1.29 is 9.90 Å². The predicted molar refractivity (Wildman–Crippen MR) is 63.9 cm³/mol. The molecule has 2 rings (SSSR count). The van der Waals surface area contributed by atoms with Gasteiger partial charge in [-0.1, -0.05) is 29.8 Å². The number of benzene rings is 1. The summed E-state index contributed by atoms with van der Waals surface area (Å²) in [5.74, 6) is -1.11. The maximum absolute atomic E-state index is 10.8. The lowest BCUT2D eigenvalue weighted by Gasteiger charge is -2.01. The maximum Gasteiger partial charge on any atom is 0.358 e. The molecule has 1 aromatic carbocycles. The number of nitrogen functional groups attached to an aromatic ring is 1. The first-order valence-corrected chi connectivity index (χ1v) is 5.18. The van der Waals surface area contributed by atoms with Gasteiger partial charge in [-0.25, -0.2) is 4.79 Å². The van der Waals surface area contributed by atoms with Gasteiger partial charge in [-0.3, -0.25) is 4.68 Å². The van der Waals surface area contributed by atoms with Gasteiger partial charge in [0.25, 0.3) is 0 Å². The van der Waals surface area contributed by atoms with Crippen LogP contribution >= 0.6 is 0 Å². The summed E-state index contributed by atoms with van der Waals surface area (Å²) < 4.78 is 1.53. The second-order valence-electron chi connectivity index (χ2n) is 3.92. The minimum absolute atomic E-state index is 0.0999. The van der Waals surface area contributed by atoms with E-state index in [4.69, 9.17) is 10.8 Å². The Morgan fingerprint density at radius 3 is 2.59 bits per heavy atom. The molecule has 3 N–H and O–H groups in total.